The van der Waals surface area contributed by atoms with Gasteiger partial charge in [-0.15, -0.1) is 0 Å². The van der Waals surface area contributed by atoms with Crippen LogP contribution >= 0.6 is 23.4 Å². The molecule has 0 saturated heterocycles. The average Bonchev–Trinajstić information content (AvgIpc) is 3.03. The summed E-state index contributed by atoms with van der Waals surface area (Å²) in [7, 11) is 0. The van der Waals surface area contributed by atoms with E-state index in [1.807, 2.05) is 31.2 Å². The van der Waals surface area contributed by atoms with Gasteiger partial charge in [-0.1, -0.05) is 59.3 Å². The van der Waals surface area contributed by atoms with E-state index in [9.17, 15) is 9.18 Å². The van der Waals surface area contributed by atoms with Crippen LogP contribution in [0.4, 0.5) is 4.39 Å². The molecule has 0 aromatic heterocycles. The van der Waals surface area contributed by atoms with E-state index in [2.05, 4.69) is 4.99 Å². The Bertz CT molecular complexity index is 805. The highest BCUT2D eigenvalue weighted by Gasteiger charge is 2.24. The average molecular weight is 377 g/mol. The Morgan fingerprint density at radius 1 is 1.32 bits per heavy atom. The van der Waals surface area contributed by atoms with E-state index < -0.39 is 0 Å². The van der Waals surface area contributed by atoms with Crippen molar-refractivity contribution in [2.45, 2.75) is 19.1 Å². The van der Waals surface area contributed by atoms with Crippen molar-refractivity contribution in [3.8, 4) is 0 Å². The highest BCUT2D eigenvalue weighted by Crippen LogP contribution is 2.26. The number of amidine groups is 1. The number of aliphatic imine (C=N–C) groups is 1. The van der Waals surface area contributed by atoms with Crippen LogP contribution in [0.5, 0.6) is 0 Å². The number of benzene rings is 2. The minimum atomic E-state index is -0.337. The fraction of sp³-hybridized carbons (Fsp3) is 0.263. The van der Waals surface area contributed by atoms with Crippen molar-refractivity contribution in [1.82, 2.24) is 4.90 Å². The van der Waals surface area contributed by atoms with Gasteiger partial charge in [0.25, 0.3) is 0 Å². The first kappa shape index (κ1) is 18.0. The lowest BCUT2D eigenvalue weighted by atomic mass is 10.1. The van der Waals surface area contributed by atoms with Crippen LogP contribution in [0.25, 0.3) is 0 Å². The van der Waals surface area contributed by atoms with Gasteiger partial charge in [-0.05, 0) is 24.6 Å². The van der Waals surface area contributed by atoms with Gasteiger partial charge in [0.1, 0.15) is 5.82 Å². The summed E-state index contributed by atoms with van der Waals surface area (Å²) in [5.74, 6) is 0.0173. The molecule has 0 unspecified atom stereocenters. The third-order valence-electron chi connectivity index (χ3n) is 3.95. The van der Waals surface area contributed by atoms with Gasteiger partial charge in [0.05, 0.1) is 13.0 Å². The third-order valence-corrected chi connectivity index (χ3v) is 5.34. The predicted octanol–water partition coefficient (Wildman–Crippen LogP) is 4.46. The summed E-state index contributed by atoms with van der Waals surface area (Å²) < 4.78 is 13.9. The van der Waals surface area contributed by atoms with Crippen molar-refractivity contribution in [3.05, 3.63) is 70.0 Å². The summed E-state index contributed by atoms with van der Waals surface area (Å²) in [4.78, 5) is 18.7. The van der Waals surface area contributed by atoms with Crippen LogP contribution < -0.4 is 0 Å². The second kappa shape index (κ2) is 8.02. The topological polar surface area (TPSA) is 32.7 Å². The molecule has 1 heterocycles. The zero-order valence-electron chi connectivity index (χ0n) is 13.8. The van der Waals surface area contributed by atoms with Crippen molar-refractivity contribution in [3.63, 3.8) is 0 Å². The van der Waals surface area contributed by atoms with Crippen LogP contribution in [0.2, 0.25) is 5.02 Å². The van der Waals surface area contributed by atoms with Crippen LogP contribution in [0.1, 0.15) is 16.7 Å². The molecule has 2 aromatic carbocycles. The van der Waals surface area contributed by atoms with Gasteiger partial charge in [-0.25, -0.2) is 4.39 Å². The molecule has 0 bridgehead atoms. The fourth-order valence-electron chi connectivity index (χ4n) is 2.68. The highest BCUT2D eigenvalue weighted by atomic mass is 35.5. The number of thioether (sulfide) groups is 1. The molecule has 130 valence electrons. The molecule has 6 heteroatoms. The van der Waals surface area contributed by atoms with Gasteiger partial charge < -0.3 is 0 Å². The van der Waals surface area contributed by atoms with E-state index in [0.29, 0.717) is 41.0 Å². The standard InChI is InChI=1S/C19H18ClFN2OS/c1-13-4-2-5-14(10-13)11-18(24)23-9-8-22-19(23)25-12-15-16(20)6-3-7-17(15)21/h2-7,10H,8-9,11-12H2,1H3. The molecule has 0 fully saturated rings. The van der Waals surface area contributed by atoms with Gasteiger partial charge in [-0.3, -0.25) is 14.7 Å². The smallest absolute Gasteiger partial charge is 0.233 e. The molecule has 2 aromatic rings. The number of halogens is 2. The molecule has 1 amide bonds. The number of amides is 1. The van der Waals surface area contributed by atoms with Crippen molar-refractivity contribution < 1.29 is 9.18 Å². The minimum absolute atomic E-state index is 0.00832. The lowest BCUT2D eigenvalue weighted by Crippen LogP contribution is -2.34. The molecule has 25 heavy (non-hydrogen) atoms. The number of aryl methyl sites for hydroxylation is 1. The number of hydrogen-bond acceptors (Lipinski definition) is 3. The Labute approximate surface area is 155 Å². The van der Waals surface area contributed by atoms with Gasteiger partial charge in [0.2, 0.25) is 5.91 Å². The lowest BCUT2D eigenvalue weighted by Gasteiger charge is -2.18. The van der Waals surface area contributed by atoms with Crippen LogP contribution in [0.15, 0.2) is 47.5 Å². The first-order chi connectivity index (χ1) is 12.0. The SMILES string of the molecule is Cc1cccc(CC(=O)N2CCN=C2SCc2c(F)cccc2Cl)c1. The third kappa shape index (κ3) is 4.41. The Kier molecular flexibility index (Phi) is 5.76. The molecule has 3 nitrogen and oxygen atoms in total. The monoisotopic (exact) mass is 376 g/mol. The second-order valence-corrected chi connectivity index (χ2v) is 7.21. The molecule has 0 atom stereocenters. The maximum atomic E-state index is 13.9. The number of hydrogen-bond donors (Lipinski definition) is 0. The van der Waals surface area contributed by atoms with Gasteiger partial charge in [0.15, 0.2) is 5.17 Å². The summed E-state index contributed by atoms with van der Waals surface area (Å²) in [6, 6.07) is 12.5. The van der Waals surface area contributed by atoms with E-state index in [0.717, 1.165) is 11.1 Å². The van der Waals surface area contributed by atoms with Crippen molar-refractivity contribution in [2.24, 2.45) is 4.99 Å². The largest absolute Gasteiger partial charge is 0.289 e. The molecule has 0 aliphatic carbocycles. The summed E-state index contributed by atoms with van der Waals surface area (Å²) in [5.41, 5.74) is 2.55. The zero-order chi connectivity index (χ0) is 17.8. The molecular formula is C19H18ClFN2OS. The van der Waals surface area contributed by atoms with E-state index >= 15 is 0 Å². The summed E-state index contributed by atoms with van der Waals surface area (Å²) >= 11 is 7.41. The zero-order valence-corrected chi connectivity index (χ0v) is 15.4. The molecule has 0 radical (unpaired) electrons. The quantitative estimate of drug-likeness (QED) is 0.789. The molecule has 1 aliphatic rings. The van der Waals surface area contributed by atoms with Crippen LogP contribution in [-0.4, -0.2) is 29.1 Å². The van der Waals surface area contributed by atoms with E-state index in [-0.39, 0.29) is 11.7 Å². The second-order valence-electron chi connectivity index (χ2n) is 5.86. The summed E-state index contributed by atoms with van der Waals surface area (Å²) in [6.07, 6.45) is 0.335. The van der Waals surface area contributed by atoms with Crippen molar-refractivity contribution in [1.29, 1.82) is 0 Å². The Balaban J connectivity index is 1.65. The number of nitrogens with zero attached hydrogens (tertiary/aromatic N) is 2. The first-order valence-corrected chi connectivity index (χ1v) is 9.37. The molecule has 0 saturated carbocycles. The number of rotatable bonds is 4. The Morgan fingerprint density at radius 3 is 2.88 bits per heavy atom. The van der Waals surface area contributed by atoms with Crippen LogP contribution in [0, 0.1) is 12.7 Å². The van der Waals surface area contributed by atoms with Crippen LogP contribution in [-0.2, 0) is 17.0 Å². The molecule has 3 rings (SSSR count). The summed E-state index contributed by atoms with van der Waals surface area (Å²) in [6.45, 7) is 3.15. The number of carbonyl (C=O) groups is 1. The van der Waals surface area contributed by atoms with E-state index in [1.165, 1.54) is 17.8 Å². The van der Waals surface area contributed by atoms with E-state index in [1.54, 1.807) is 17.0 Å². The van der Waals surface area contributed by atoms with E-state index in [4.69, 9.17) is 11.6 Å². The van der Waals surface area contributed by atoms with Crippen molar-refractivity contribution in [2.75, 3.05) is 13.1 Å². The maximum Gasteiger partial charge on any atom is 0.233 e. The number of carbonyl (C=O) groups excluding carboxylic acids is 1. The molecule has 0 spiro atoms. The van der Waals surface area contributed by atoms with Crippen molar-refractivity contribution >= 4 is 34.4 Å². The Hall–Kier alpha value is -1.85. The molecular weight excluding hydrogens is 359 g/mol. The molecule has 0 N–H and O–H groups in total. The maximum absolute atomic E-state index is 13.9. The first-order valence-electron chi connectivity index (χ1n) is 8.00. The van der Waals surface area contributed by atoms with Gasteiger partial charge in [0, 0.05) is 22.9 Å². The van der Waals surface area contributed by atoms with Gasteiger partial charge in [-0.2, -0.15) is 0 Å². The predicted molar refractivity (Wildman–Crippen MR) is 102 cm³/mol. The normalized spacial score (nSPS) is 13.9. The summed E-state index contributed by atoms with van der Waals surface area (Å²) in [5, 5.41) is 1.03. The minimum Gasteiger partial charge on any atom is -0.289 e. The van der Waals surface area contributed by atoms with Gasteiger partial charge >= 0.3 is 0 Å². The highest BCUT2D eigenvalue weighted by molar-refractivity contribution is 8.13. The fourth-order valence-corrected chi connectivity index (χ4v) is 4.09. The van der Waals surface area contributed by atoms with Crippen LogP contribution in [0.3, 0.4) is 0 Å². The molecule has 1 aliphatic heterocycles. The Morgan fingerprint density at radius 2 is 2.12 bits per heavy atom. The lowest BCUT2D eigenvalue weighted by molar-refractivity contribution is -0.126.